The van der Waals surface area contributed by atoms with Crippen LogP contribution in [0, 0.1) is 0 Å². The van der Waals surface area contributed by atoms with Crippen molar-refractivity contribution in [2.24, 2.45) is 0 Å². The van der Waals surface area contributed by atoms with Gasteiger partial charge in [-0.1, -0.05) is 0 Å². The summed E-state index contributed by atoms with van der Waals surface area (Å²) in [4.78, 5) is 11.0. The van der Waals surface area contributed by atoms with Gasteiger partial charge in [-0.2, -0.15) is 0 Å². The van der Waals surface area contributed by atoms with Crippen molar-refractivity contribution < 1.29 is 13.8 Å². The molecule has 1 aromatic carbocycles. The van der Waals surface area contributed by atoms with Gasteiger partial charge >= 0.3 is 174 Å². The zero-order valence-corrected chi connectivity index (χ0v) is 20.5. The Labute approximate surface area is 174 Å². The van der Waals surface area contributed by atoms with Gasteiger partial charge in [0.2, 0.25) is 0 Å². The summed E-state index contributed by atoms with van der Waals surface area (Å²) in [5, 5.41) is 0. The van der Waals surface area contributed by atoms with Crippen LogP contribution in [0.25, 0.3) is 0 Å². The molecule has 1 atom stereocenters. The van der Waals surface area contributed by atoms with Gasteiger partial charge in [0.15, 0.2) is 0 Å². The Morgan fingerprint density at radius 1 is 0.786 bits per heavy atom. The standard InChI is InChI=1S/C23H44O3P2/c1-5-9-18-28(19-10-6-2,20-11-7-3,21-12-8-4)26-27(24,25)22-23-16-14-13-15-17-23/h13-17H,5-12,18-22H2,1-4H3,(H,24,25). The number of hydrogen-bond donors (Lipinski definition) is 1. The third kappa shape index (κ3) is 8.27. The molecule has 0 radical (unpaired) electrons. The third-order valence-corrected chi connectivity index (χ3v) is 15.3. The molecule has 5 heteroatoms. The van der Waals surface area contributed by atoms with E-state index in [4.69, 9.17) is 4.31 Å². The van der Waals surface area contributed by atoms with Gasteiger partial charge in [-0.25, -0.2) is 0 Å². The second-order valence-electron chi connectivity index (χ2n) is 8.53. The van der Waals surface area contributed by atoms with Crippen molar-refractivity contribution >= 4 is 14.4 Å². The predicted octanol–water partition coefficient (Wildman–Crippen LogP) is 8.06. The van der Waals surface area contributed by atoms with Crippen LogP contribution in [-0.2, 0) is 15.0 Å². The molecule has 3 nitrogen and oxygen atoms in total. The fourth-order valence-electron chi connectivity index (χ4n) is 4.27. The van der Waals surface area contributed by atoms with Gasteiger partial charge in [0.05, 0.1) is 0 Å². The summed E-state index contributed by atoms with van der Waals surface area (Å²) in [6.07, 6.45) is 13.0. The van der Waals surface area contributed by atoms with E-state index in [0.29, 0.717) is 0 Å². The van der Waals surface area contributed by atoms with Crippen molar-refractivity contribution in [3.63, 3.8) is 0 Å². The summed E-state index contributed by atoms with van der Waals surface area (Å²) in [5.74, 6) is 0. The fourth-order valence-corrected chi connectivity index (χ4v) is 15.2. The Morgan fingerprint density at radius 3 is 1.54 bits per heavy atom. The summed E-state index contributed by atoms with van der Waals surface area (Å²) >= 11 is 0. The quantitative estimate of drug-likeness (QED) is 0.270. The molecule has 0 heterocycles. The second kappa shape index (κ2) is 12.5. The Bertz CT molecular complexity index is 545. The molecule has 0 aliphatic rings. The molecule has 1 N–H and O–H groups in total. The molecule has 0 aliphatic carbocycles. The normalized spacial score (nSPS) is 15.7. The average Bonchev–Trinajstić information content (AvgIpc) is 2.68. The van der Waals surface area contributed by atoms with E-state index in [2.05, 4.69) is 27.7 Å². The molecule has 0 bridgehead atoms. The van der Waals surface area contributed by atoms with E-state index in [9.17, 15) is 9.46 Å². The number of benzene rings is 1. The Kier molecular flexibility index (Phi) is 11.5. The minimum absolute atomic E-state index is 0.127. The Balaban J connectivity index is 3.30. The maximum atomic E-state index is 13.4. The summed E-state index contributed by atoms with van der Waals surface area (Å²) < 4.78 is 20.1. The van der Waals surface area contributed by atoms with E-state index in [1.807, 2.05) is 30.3 Å². The first-order valence-electron chi connectivity index (χ1n) is 11.4. The van der Waals surface area contributed by atoms with Gasteiger partial charge in [-0.15, -0.1) is 0 Å². The molecule has 0 aromatic heterocycles. The van der Waals surface area contributed by atoms with E-state index < -0.39 is 14.4 Å². The van der Waals surface area contributed by atoms with Crippen LogP contribution in [0.15, 0.2) is 30.3 Å². The van der Waals surface area contributed by atoms with Crippen LogP contribution in [0.3, 0.4) is 0 Å². The van der Waals surface area contributed by atoms with Crippen molar-refractivity contribution in [2.45, 2.75) is 85.2 Å². The molecule has 1 unspecified atom stereocenters. The van der Waals surface area contributed by atoms with Crippen molar-refractivity contribution in [1.82, 2.24) is 0 Å². The van der Waals surface area contributed by atoms with Crippen LogP contribution in [0.4, 0.5) is 0 Å². The molecular weight excluding hydrogens is 386 g/mol. The second-order valence-corrected chi connectivity index (χ2v) is 16.3. The summed E-state index contributed by atoms with van der Waals surface area (Å²) in [5.41, 5.74) is 0.891. The molecule has 0 saturated carbocycles. The van der Waals surface area contributed by atoms with Crippen molar-refractivity contribution in [3.8, 4) is 0 Å². The Morgan fingerprint density at radius 2 is 1.18 bits per heavy atom. The van der Waals surface area contributed by atoms with Crippen LogP contribution in [0.5, 0.6) is 0 Å². The van der Waals surface area contributed by atoms with E-state index in [0.717, 1.165) is 81.6 Å². The van der Waals surface area contributed by atoms with E-state index in [1.54, 1.807) is 0 Å². The van der Waals surface area contributed by atoms with Gasteiger partial charge in [-0.05, 0) is 0 Å². The monoisotopic (exact) mass is 430 g/mol. The topological polar surface area (TPSA) is 46.5 Å². The van der Waals surface area contributed by atoms with Crippen LogP contribution < -0.4 is 0 Å². The minimum atomic E-state index is -3.70. The maximum absolute atomic E-state index is 13.4. The van der Waals surface area contributed by atoms with Gasteiger partial charge in [0, 0.05) is 0 Å². The first kappa shape index (κ1) is 25.8. The van der Waals surface area contributed by atoms with Crippen LogP contribution in [0.1, 0.15) is 84.6 Å². The molecule has 0 fully saturated rings. The van der Waals surface area contributed by atoms with Crippen molar-refractivity contribution in [3.05, 3.63) is 35.9 Å². The third-order valence-electron chi connectivity index (χ3n) is 5.89. The number of hydrogen-bond acceptors (Lipinski definition) is 2. The molecule has 1 rings (SSSR count). The van der Waals surface area contributed by atoms with Gasteiger partial charge in [0.1, 0.15) is 0 Å². The molecule has 0 spiro atoms. The summed E-state index contributed by atoms with van der Waals surface area (Å²) in [6.45, 7) is 6.13. The van der Waals surface area contributed by atoms with E-state index >= 15 is 0 Å². The van der Waals surface area contributed by atoms with Gasteiger partial charge in [0.25, 0.3) is 0 Å². The van der Waals surface area contributed by atoms with Crippen molar-refractivity contribution in [1.29, 1.82) is 0 Å². The first-order valence-corrected chi connectivity index (χ1v) is 16.1. The SMILES string of the molecule is CCCCP(CCCC)(CCCC)(CCCC)OP(=O)(O)Cc1ccccc1. The first-order chi connectivity index (χ1) is 13.3. The fraction of sp³-hybridized carbons (Fsp3) is 0.739. The molecule has 1 aromatic rings. The summed E-state index contributed by atoms with van der Waals surface area (Å²) in [6, 6.07) is 9.65. The van der Waals surface area contributed by atoms with E-state index in [1.165, 1.54) is 0 Å². The number of unbranched alkanes of at least 4 members (excludes halogenated alkanes) is 4. The summed E-state index contributed by atoms with van der Waals surface area (Å²) in [7, 11) is -3.70. The molecule has 0 saturated heterocycles. The molecule has 0 aliphatic heterocycles. The molecule has 28 heavy (non-hydrogen) atoms. The Hall–Kier alpha value is -0.200. The zero-order chi connectivity index (χ0) is 21.0. The number of rotatable bonds is 16. The van der Waals surface area contributed by atoms with Crippen LogP contribution in [-0.4, -0.2) is 29.5 Å². The molecular formula is C23H44O3P2. The van der Waals surface area contributed by atoms with Crippen molar-refractivity contribution in [2.75, 3.05) is 24.6 Å². The predicted molar refractivity (Wildman–Crippen MR) is 127 cm³/mol. The zero-order valence-electron chi connectivity index (χ0n) is 18.7. The van der Waals surface area contributed by atoms with E-state index in [-0.39, 0.29) is 6.16 Å². The van der Waals surface area contributed by atoms with Gasteiger partial charge in [-0.3, -0.25) is 0 Å². The average molecular weight is 431 g/mol. The molecule has 164 valence electrons. The van der Waals surface area contributed by atoms with Crippen LogP contribution >= 0.6 is 14.4 Å². The van der Waals surface area contributed by atoms with Crippen LogP contribution in [0.2, 0.25) is 0 Å². The molecule has 0 amide bonds. The van der Waals surface area contributed by atoms with Gasteiger partial charge < -0.3 is 0 Å².